The van der Waals surface area contributed by atoms with Gasteiger partial charge in [-0.1, -0.05) is 6.07 Å². The third kappa shape index (κ3) is 2.15. The Balaban J connectivity index is 1.90. The molecule has 1 aliphatic rings. The molecule has 1 aromatic heterocycles. The van der Waals surface area contributed by atoms with Crippen LogP contribution < -0.4 is 5.32 Å². The summed E-state index contributed by atoms with van der Waals surface area (Å²) in [7, 11) is 1.83. The van der Waals surface area contributed by atoms with Crippen LogP contribution >= 0.6 is 0 Å². The Morgan fingerprint density at radius 3 is 2.61 bits per heavy atom. The van der Waals surface area contributed by atoms with Crippen molar-refractivity contribution in [2.75, 3.05) is 7.05 Å². The van der Waals surface area contributed by atoms with E-state index in [0.717, 1.165) is 22.8 Å². The maximum absolute atomic E-state index is 14.3. The fourth-order valence-electron chi connectivity index (χ4n) is 3.71. The molecule has 0 saturated heterocycles. The lowest BCUT2D eigenvalue weighted by Crippen LogP contribution is -2.13. The second-order valence-electron chi connectivity index (χ2n) is 5.96. The summed E-state index contributed by atoms with van der Waals surface area (Å²) in [5.41, 5.74) is 3.10. The standard InChI is InChI=1S/C18H15F3N2/c1-22-16-7-12(11-3-2-9(19)4-13(11)16)14-8-23-17-6-10(20)5-15(21)18(14)17/h2-6,8,12,16,22-23H,7H2,1H3/t12-,16+/m0/s1. The predicted molar refractivity (Wildman–Crippen MR) is 82.9 cm³/mol. The molecule has 1 aliphatic carbocycles. The minimum atomic E-state index is -0.606. The Hall–Kier alpha value is -2.27. The van der Waals surface area contributed by atoms with Gasteiger partial charge in [0.1, 0.15) is 17.5 Å². The van der Waals surface area contributed by atoms with Crippen molar-refractivity contribution in [1.82, 2.24) is 10.3 Å². The molecule has 118 valence electrons. The maximum Gasteiger partial charge on any atom is 0.135 e. The SMILES string of the molecule is CN[C@@H]1C[C@H](c2c[nH]c3cc(F)cc(F)c23)c2ccc(F)cc21. The van der Waals surface area contributed by atoms with Gasteiger partial charge >= 0.3 is 0 Å². The highest BCUT2D eigenvalue weighted by atomic mass is 19.1. The number of H-pyrrole nitrogens is 1. The summed E-state index contributed by atoms with van der Waals surface area (Å²) in [6.07, 6.45) is 2.43. The summed E-state index contributed by atoms with van der Waals surface area (Å²) in [6.45, 7) is 0. The van der Waals surface area contributed by atoms with E-state index in [1.807, 2.05) is 7.05 Å². The van der Waals surface area contributed by atoms with Gasteiger partial charge in [0.05, 0.1) is 5.52 Å². The molecule has 23 heavy (non-hydrogen) atoms. The number of rotatable bonds is 2. The molecule has 3 aromatic rings. The van der Waals surface area contributed by atoms with Gasteiger partial charge in [0.25, 0.3) is 0 Å². The first-order chi connectivity index (χ1) is 11.1. The average Bonchev–Trinajstić information content (AvgIpc) is 3.07. The zero-order chi connectivity index (χ0) is 16.1. The van der Waals surface area contributed by atoms with Crippen LogP contribution in [-0.4, -0.2) is 12.0 Å². The van der Waals surface area contributed by atoms with Crippen LogP contribution in [0.2, 0.25) is 0 Å². The van der Waals surface area contributed by atoms with Crippen molar-refractivity contribution in [3.8, 4) is 0 Å². The molecule has 2 nitrogen and oxygen atoms in total. The second kappa shape index (κ2) is 5.13. The second-order valence-corrected chi connectivity index (χ2v) is 5.96. The zero-order valence-electron chi connectivity index (χ0n) is 12.5. The predicted octanol–water partition coefficient (Wildman–Crippen LogP) is 4.38. The first-order valence-corrected chi connectivity index (χ1v) is 7.51. The molecule has 2 atom stereocenters. The number of halogens is 3. The average molecular weight is 316 g/mol. The van der Waals surface area contributed by atoms with Crippen molar-refractivity contribution in [2.45, 2.75) is 18.4 Å². The van der Waals surface area contributed by atoms with Crippen LogP contribution in [0.15, 0.2) is 36.5 Å². The van der Waals surface area contributed by atoms with Crippen LogP contribution in [-0.2, 0) is 0 Å². The first kappa shape index (κ1) is 14.3. The van der Waals surface area contributed by atoms with E-state index in [4.69, 9.17) is 0 Å². The lowest BCUT2D eigenvalue weighted by molar-refractivity contribution is 0.560. The van der Waals surface area contributed by atoms with Crippen molar-refractivity contribution in [2.24, 2.45) is 0 Å². The van der Waals surface area contributed by atoms with Crippen molar-refractivity contribution < 1.29 is 13.2 Å². The van der Waals surface area contributed by atoms with E-state index in [2.05, 4.69) is 10.3 Å². The summed E-state index contributed by atoms with van der Waals surface area (Å²) in [5.74, 6) is -1.52. The van der Waals surface area contributed by atoms with E-state index >= 15 is 0 Å². The fraction of sp³-hybridized carbons (Fsp3) is 0.222. The fourth-order valence-corrected chi connectivity index (χ4v) is 3.71. The third-order valence-corrected chi connectivity index (χ3v) is 4.72. The van der Waals surface area contributed by atoms with Gasteiger partial charge in [-0.15, -0.1) is 0 Å². The molecular formula is C18H15F3N2. The Morgan fingerprint density at radius 2 is 1.83 bits per heavy atom. The lowest BCUT2D eigenvalue weighted by Gasteiger charge is -2.11. The van der Waals surface area contributed by atoms with Gasteiger partial charge < -0.3 is 10.3 Å². The number of nitrogens with one attached hydrogen (secondary N) is 2. The van der Waals surface area contributed by atoms with Crippen molar-refractivity contribution >= 4 is 10.9 Å². The largest absolute Gasteiger partial charge is 0.361 e. The Labute approximate surface area is 131 Å². The maximum atomic E-state index is 14.3. The summed E-state index contributed by atoms with van der Waals surface area (Å²) < 4.78 is 41.2. The van der Waals surface area contributed by atoms with E-state index in [9.17, 15) is 13.2 Å². The minimum absolute atomic E-state index is 0.0131. The highest BCUT2D eigenvalue weighted by Crippen LogP contribution is 2.46. The normalized spacial score (nSPS) is 20.2. The van der Waals surface area contributed by atoms with Gasteiger partial charge in [0, 0.05) is 29.6 Å². The summed E-state index contributed by atoms with van der Waals surface area (Å²) in [6, 6.07) is 6.91. The number of aromatic nitrogens is 1. The molecule has 1 heterocycles. The van der Waals surface area contributed by atoms with Crippen LogP contribution in [0.4, 0.5) is 13.2 Å². The van der Waals surface area contributed by atoms with Gasteiger partial charge in [-0.2, -0.15) is 0 Å². The molecule has 0 unspecified atom stereocenters. The minimum Gasteiger partial charge on any atom is -0.361 e. The topological polar surface area (TPSA) is 27.8 Å². The Kier molecular flexibility index (Phi) is 3.20. The van der Waals surface area contributed by atoms with Crippen LogP contribution in [0, 0.1) is 17.5 Å². The molecule has 2 aromatic carbocycles. The van der Waals surface area contributed by atoms with Crippen molar-refractivity contribution in [3.63, 3.8) is 0 Å². The molecular weight excluding hydrogens is 301 g/mol. The number of benzene rings is 2. The molecule has 0 spiro atoms. The highest BCUT2D eigenvalue weighted by Gasteiger charge is 2.33. The Bertz CT molecular complexity index is 901. The molecule has 5 heteroatoms. The van der Waals surface area contributed by atoms with Crippen LogP contribution in [0.5, 0.6) is 0 Å². The van der Waals surface area contributed by atoms with E-state index in [-0.39, 0.29) is 17.8 Å². The van der Waals surface area contributed by atoms with E-state index < -0.39 is 11.6 Å². The van der Waals surface area contributed by atoms with E-state index in [1.165, 1.54) is 18.2 Å². The monoisotopic (exact) mass is 316 g/mol. The smallest absolute Gasteiger partial charge is 0.135 e. The molecule has 0 fully saturated rings. The number of hydrogen-bond acceptors (Lipinski definition) is 1. The Morgan fingerprint density at radius 1 is 1.00 bits per heavy atom. The molecule has 0 bridgehead atoms. The lowest BCUT2D eigenvalue weighted by atomic mass is 9.92. The van der Waals surface area contributed by atoms with Crippen LogP contribution in [0.25, 0.3) is 10.9 Å². The molecule has 4 rings (SSSR count). The van der Waals surface area contributed by atoms with Crippen LogP contribution in [0.3, 0.4) is 0 Å². The molecule has 0 radical (unpaired) electrons. The highest BCUT2D eigenvalue weighted by molar-refractivity contribution is 5.85. The number of fused-ring (bicyclic) bond motifs is 2. The van der Waals surface area contributed by atoms with Gasteiger partial charge in [0.2, 0.25) is 0 Å². The van der Waals surface area contributed by atoms with Gasteiger partial charge in [0.15, 0.2) is 0 Å². The molecule has 2 N–H and O–H groups in total. The van der Waals surface area contributed by atoms with Gasteiger partial charge in [-0.25, -0.2) is 13.2 Å². The molecule has 0 aliphatic heterocycles. The molecule has 0 saturated carbocycles. The van der Waals surface area contributed by atoms with Gasteiger partial charge in [-0.3, -0.25) is 0 Å². The third-order valence-electron chi connectivity index (χ3n) is 4.72. The quantitative estimate of drug-likeness (QED) is 0.721. The molecule has 0 amide bonds. The number of aromatic amines is 1. The van der Waals surface area contributed by atoms with E-state index in [1.54, 1.807) is 12.3 Å². The van der Waals surface area contributed by atoms with Crippen molar-refractivity contribution in [1.29, 1.82) is 0 Å². The number of hydrogen-bond donors (Lipinski definition) is 2. The van der Waals surface area contributed by atoms with E-state index in [0.29, 0.717) is 17.3 Å². The summed E-state index contributed by atoms with van der Waals surface area (Å²) in [5, 5.41) is 3.59. The summed E-state index contributed by atoms with van der Waals surface area (Å²) >= 11 is 0. The zero-order valence-corrected chi connectivity index (χ0v) is 12.5. The first-order valence-electron chi connectivity index (χ1n) is 7.51. The van der Waals surface area contributed by atoms with Gasteiger partial charge in [-0.05, 0) is 48.4 Å². The van der Waals surface area contributed by atoms with Crippen molar-refractivity contribution in [3.05, 3.63) is 70.7 Å². The summed E-state index contributed by atoms with van der Waals surface area (Å²) in [4.78, 5) is 2.95. The van der Waals surface area contributed by atoms with Crippen LogP contribution in [0.1, 0.15) is 35.1 Å².